The van der Waals surface area contributed by atoms with Crippen LogP contribution in [0.2, 0.25) is 0 Å². The minimum absolute atomic E-state index is 0.294. The van der Waals surface area contributed by atoms with Gasteiger partial charge in [-0.1, -0.05) is 29.8 Å². The zero-order valence-corrected chi connectivity index (χ0v) is 12.3. The van der Waals surface area contributed by atoms with Crippen LogP contribution in [0.25, 0.3) is 0 Å². The van der Waals surface area contributed by atoms with E-state index < -0.39 is 0 Å². The molecular formula is C17H24N2O. The molecule has 108 valence electrons. The molecule has 3 rings (SSSR count). The molecule has 1 saturated heterocycles. The second-order valence-corrected chi connectivity index (χ2v) is 6.32. The van der Waals surface area contributed by atoms with E-state index in [-0.39, 0.29) is 0 Å². The molecule has 1 aliphatic heterocycles. The molecule has 2 fully saturated rings. The maximum Gasteiger partial charge on any atom is 0.223 e. The highest BCUT2D eigenvalue weighted by molar-refractivity contribution is 5.81. The van der Waals surface area contributed by atoms with E-state index in [0.29, 0.717) is 17.9 Å². The summed E-state index contributed by atoms with van der Waals surface area (Å²) in [5, 5.41) is 3.21. The number of nitrogens with one attached hydrogen (secondary N) is 1. The van der Waals surface area contributed by atoms with Gasteiger partial charge in [-0.15, -0.1) is 0 Å². The summed E-state index contributed by atoms with van der Waals surface area (Å²) in [5.74, 6) is 0.627. The smallest absolute Gasteiger partial charge is 0.223 e. The topological polar surface area (TPSA) is 32.3 Å². The van der Waals surface area contributed by atoms with Gasteiger partial charge in [0.1, 0.15) is 0 Å². The number of likely N-dealkylation sites (tertiary alicyclic amines) is 1. The van der Waals surface area contributed by atoms with Gasteiger partial charge in [-0.2, -0.15) is 0 Å². The van der Waals surface area contributed by atoms with Gasteiger partial charge < -0.3 is 5.32 Å². The molecule has 1 amide bonds. The van der Waals surface area contributed by atoms with Crippen LogP contribution >= 0.6 is 0 Å². The molecule has 1 aromatic rings. The highest BCUT2D eigenvalue weighted by atomic mass is 16.2. The van der Waals surface area contributed by atoms with Crippen LogP contribution in [0, 0.1) is 12.8 Å². The summed E-state index contributed by atoms with van der Waals surface area (Å²) in [4.78, 5) is 14.3. The highest BCUT2D eigenvalue weighted by Gasteiger charge is 2.31. The fourth-order valence-electron chi connectivity index (χ4n) is 2.97. The average molecular weight is 272 g/mol. The van der Waals surface area contributed by atoms with Crippen LogP contribution in [0.5, 0.6) is 0 Å². The largest absolute Gasteiger partial charge is 0.353 e. The van der Waals surface area contributed by atoms with Crippen molar-refractivity contribution in [1.29, 1.82) is 0 Å². The van der Waals surface area contributed by atoms with Crippen LogP contribution in [0.15, 0.2) is 24.3 Å². The molecule has 0 aromatic heterocycles. The van der Waals surface area contributed by atoms with Crippen LogP contribution < -0.4 is 5.32 Å². The van der Waals surface area contributed by atoms with Gasteiger partial charge in [0.05, 0.1) is 0 Å². The van der Waals surface area contributed by atoms with Crippen molar-refractivity contribution in [2.24, 2.45) is 5.92 Å². The zero-order chi connectivity index (χ0) is 13.9. The van der Waals surface area contributed by atoms with E-state index in [1.54, 1.807) is 0 Å². The van der Waals surface area contributed by atoms with Crippen molar-refractivity contribution in [3.63, 3.8) is 0 Å². The summed E-state index contributed by atoms with van der Waals surface area (Å²) in [6.07, 6.45) is 4.37. The first kappa shape index (κ1) is 13.6. The lowest BCUT2D eigenvalue weighted by atomic mass is 10.0. The summed E-state index contributed by atoms with van der Waals surface area (Å²) >= 11 is 0. The fourth-order valence-corrected chi connectivity index (χ4v) is 2.97. The van der Waals surface area contributed by atoms with Crippen LogP contribution in [-0.2, 0) is 11.3 Å². The molecular weight excluding hydrogens is 248 g/mol. The molecule has 1 N–H and O–H groups in total. The predicted octanol–water partition coefficient (Wildman–Crippen LogP) is 2.49. The molecule has 0 bridgehead atoms. The maximum atomic E-state index is 11.8. The van der Waals surface area contributed by atoms with Crippen LogP contribution in [-0.4, -0.2) is 29.9 Å². The van der Waals surface area contributed by atoms with Crippen LogP contribution in [0.3, 0.4) is 0 Å². The first-order valence-corrected chi connectivity index (χ1v) is 7.79. The van der Waals surface area contributed by atoms with Crippen molar-refractivity contribution in [3.05, 3.63) is 35.4 Å². The lowest BCUT2D eigenvalue weighted by Crippen LogP contribution is -2.44. The van der Waals surface area contributed by atoms with E-state index >= 15 is 0 Å². The monoisotopic (exact) mass is 272 g/mol. The molecule has 0 radical (unpaired) electrons. The Morgan fingerprint density at radius 2 is 2.00 bits per heavy atom. The lowest BCUT2D eigenvalue weighted by Gasteiger charge is -2.32. The Balaban J connectivity index is 1.45. The molecule has 3 nitrogen and oxygen atoms in total. The minimum Gasteiger partial charge on any atom is -0.353 e. The number of benzene rings is 1. The SMILES string of the molecule is Cc1cccc(CN2CCC(NC(=O)C3CC3)CC2)c1. The maximum absolute atomic E-state index is 11.8. The number of rotatable bonds is 4. The van der Waals surface area contributed by atoms with Crippen molar-refractivity contribution in [3.8, 4) is 0 Å². The Labute approximate surface area is 121 Å². The van der Waals surface area contributed by atoms with Gasteiger partial charge in [0, 0.05) is 31.6 Å². The predicted molar refractivity (Wildman–Crippen MR) is 80.3 cm³/mol. The Hall–Kier alpha value is -1.35. The third-order valence-electron chi connectivity index (χ3n) is 4.37. The van der Waals surface area contributed by atoms with Crippen molar-refractivity contribution >= 4 is 5.91 Å². The van der Waals surface area contributed by atoms with E-state index in [1.165, 1.54) is 11.1 Å². The van der Waals surface area contributed by atoms with E-state index in [4.69, 9.17) is 0 Å². The number of carbonyl (C=O) groups is 1. The van der Waals surface area contributed by atoms with Gasteiger partial charge in [-0.3, -0.25) is 9.69 Å². The summed E-state index contributed by atoms with van der Waals surface area (Å²) in [6.45, 7) is 5.35. The highest BCUT2D eigenvalue weighted by Crippen LogP contribution is 2.29. The molecule has 0 atom stereocenters. The number of amides is 1. The molecule has 1 aromatic carbocycles. The van der Waals surface area contributed by atoms with Gasteiger partial charge in [-0.05, 0) is 38.2 Å². The molecule has 2 aliphatic rings. The average Bonchev–Trinajstić information content (AvgIpc) is 3.25. The van der Waals surface area contributed by atoms with E-state index in [9.17, 15) is 4.79 Å². The standard InChI is InChI=1S/C17H24N2O/c1-13-3-2-4-14(11-13)12-19-9-7-16(8-10-19)18-17(20)15-5-6-15/h2-4,11,15-16H,5-10,12H2,1H3,(H,18,20). The first-order chi connectivity index (χ1) is 9.70. The number of aryl methyl sites for hydroxylation is 1. The number of hydrogen-bond acceptors (Lipinski definition) is 2. The number of piperidine rings is 1. The van der Waals surface area contributed by atoms with Crippen LogP contribution in [0.4, 0.5) is 0 Å². The molecule has 1 aliphatic carbocycles. The normalized spacial score (nSPS) is 20.9. The van der Waals surface area contributed by atoms with Crippen molar-refractivity contribution in [2.45, 2.75) is 45.2 Å². The fraction of sp³-hybridized carbons (Fsp3) is 0.588. The number of carbonyl (C=O) groups excluding carboxylic acids is 1. The Morgan fingerprint density at radius 1 is 1.25 bits per heavy atom. The van der Waals surface area contributed by atoms with Gasteiger partial charge in [0.2, 0.25) is 5.91 Å². The van der Waals surface area contributed by atoms with Crippen LogP contribution in [0.1, 0.15) is 36.8 Å². The first-order valence-electron chi connectivity index (χ1n) is 7.79. The summed E-state index contributed by atoms with van der Waals surface area (Å²) in [6, 6.07) is 9.14. The third kappa shape index (κ3) is 3.60. The molecule has 0 spiro atoms. The van der Waals surface area contributed by atoms with Crippen molar-refractivity contribution in [2.75, 3.05) is 13.1 Å². The summed E-state index contributed by atoms with van der Waals surface area (Å²) in [7, 11) is 0. The van der Waals surface area contributed by atoms with Gasteiger partial charge in [0.15, 0.2) is 0 Å². The molecule has 20 heavy (non-hydrogen) atoms. The lowest BCUT2D eigenvalue weighted by molar-refractivity contribution is -0.123. The Morgan fingerprint density at radius 3 is 2.65 bits per heavy atom. The van der Waals surface area contributed by atoms with Crippen molar-refractivity contribution in [1.82, 2.24) is 10.2 Å². The second kappa shape index (κ2) is 5.96. The third-order valence-corrected chi connectivity index (χ3v) is 4.37. The number of nitrogens with zero attached hydrogens (tertiary/aromatic N) is 1. The second-order valence-electron chi connectivity index (χ2n) is 6.32. The Bertz CT molecular complexity index is 474. The van der Waals surface area contributed by atoms with E-state index in [2.05, 4.69) is 41.4 Å². The molecule has 0 unspecified atom stereocenters. The van der Waals surface area contributed by atoms with Gasteiger partial charge in [-0.25, -0.2) is 0 Å². The summed E-state index contributed by atoms with van der Waals surface area (Å²) < 4.78 is 0. The molecule has 1 saturated carbocycles. The van der Waals surface area contributed by atoms with Gasteiger partial charge >= 0.3 is 0 Å². The summed E-state index contributed by atoms with van der Waals surface area (Å²) in [5.41, 5.74) is 2.72. The minimum atomic E-state index is 0.294. The van der Waals surface area contributed by atoms with E-state index in [0.717, 1.165) is 45.3 Å². The zero-order valence-electron chi connectivity index (χ0n) is 12.3. The van der Waals surface area contributed by atoms with E-state index in [1.807, 2.05) is 0 Å². The quantitative estimate of drug-likeness (QED) is 0.913. The molecule has 1 heterocycles. The van der Waals surface area contributed by atoms with Crippen molar-refractivity contribution < 1.29 is 4.79 Å². The number of hydrogen-bond donors (Lipinski definition) is 1. The Kier molecular flexibility index (Phi) is 4.06. The van der Waals surface area contributed by atoms with Gasteiger partial charge in [0.25, 0.3) is 0 Å². The molecule has 3 heteroatoms.